The van der Waals surface area contributed by atoms with Gasteiger partial charge in [0.15, 0.2) is 5.82 Å². The normalized spacial score (nSPS) is 10.7. The maximum atomic E-state index is 12.5. The van der Waals surface area contributed by atoms with Crippen molar-refractivity contribution >= 4 is 35.1 Å². The quantitative estimate of drug-likeness (QED) is 0.651. The molecule has 3 rings (SSSR count). The molecule has 0 aliphatic carbocycles. The van der Waals surface area contributed by atoms with Crippen molar-refractivity contribution in [2.45, 2.75) is 18.4 Å². The first-order chi connectivity index (χ1) is 12.0. The van der Waals surface area contributed by atoms with E-state index < -0.39 is 0 Å². The van der Waals surface area contributed by atoms with Gasteiger partial charge in [-0.05, 0) is 36.9 Å². The van der Waals surface area contributed by atoms with Crippen molar-refractivity contribution in [2.75, 3.05) is 11.6 Å². The smallest absolute Gasteiger partial charge is 0.258 e. The number of aromatic nitrogens is 2. The van der Waals surface area contributed by atoms with Crippen LogP contribution in [0.25, 0.3) is 0 Å². The molecule has 0 saturated carbocycles. The summed E-state index contributed by atoms with van der Waals surface area (Å²) in [6, 6.07) is 15.4. The fourth-order valence-corrected chi connectivity index (χ4v) is 3.15. The third-order valence-electron chi connectivity index (χ3n) is 3.73. The van der Waals surface area contributed by atoms with Crippen LogP contribution in [-0.2, 0) is 6.54 Å². The molecular formula is C19H18ClN3OS. The van der Waals surface area contributed by atoms with Crippen molar-refractivity contribution in [1.29, 1.82) is 0 Å². The fraction of sp³-hybridized carbons (Fsp3) is 0.158. The lowest BCUT2D eigenvalue weighted by molar-refractivity contribution is 0.102. The van der Waals surface area contributed by atoms with Crippen LogP contribution in [0.5, 0.6) is 0 Å². The zero-order valence-electron chi connectivity index (χ0n) is 14.0. The summed E-state index contributed by atoms with van der Waals surface area (Å²) >= 11 is 7.71. The number of amides is 1. The topological polar surface area (TPSA) is 46.9 Å². The second kappa shape index (κ2) is 7.76. The summed E-state index contributed by atoms with van der Waals surface area (Å²) in [6.45, 7) is 2.71. The number of nitrogens with zero attached hydrogens (tertiary/aromatic N) is 2. The monoisotopic (exact) mass is 371 g/mol. The Balaban J connectivity index is 1.72. The number of thioether (sulfide) groups is 1. The average Bonchev–Trinajstić information content (AvgIpc) is 3.02. The molecule has 0 fully saturated rings. The third-order valence-corrected chi connectivity index (χ3v) is 4.78. The summed E-state index contributed by atoms with van der Waals surface area (Å²) in [7, 11) is 0. The van der Waals surface area contributed by atoms with Crippen molar-refractivity contribution in [1.82, 2.24) is 9.78 Å². The number of carbonyl (C=O) groups excluding carboxylic acids is 1. The van der Waals surface area contributed by atoms with Gasteiger partial charge in [-0.15, -0.1) is 11.8 Å². The molecule has 25 heavy (non-hydrogen) atoms. The first-order valence-corrected chi connectivity index (χ1v) is 9.39. The van der Waals surface area contributed by atoms with Crippen LogP contribution in [0.2, 0.25) is 5.02 Å². The zero-order valence-corrected chi connectivity index (χ0v) is 15.6. The Kier molecular flexibility index (Phi) is 5.46. The van der Waals surface area contributed by atoms with Gasteiger partial charge in [0, 0.05) is 17.2 Å². The highest BCUT2D eigenvalue weighted by molar-refractivity contribution is 7.98. The predicted octanol–water partition coefficient (Wildman–Crippen LogP) is 4.87. The molecule has 1 heterocycles. The Morgan fingerprint density at radius 2 is 2.08 bits per heavy atom. The number of anilines is 1. The van der Waals surface area contributed by atoms with Crippen molar-refractivity contribution < 1.29 is 4.79 Å². The maximum absolute atomic E-state index is 12.5. The van der Waals surface area contributed by atoms with Gasteiger partial charge in [-0.2, -0.15) is 5.10 Å². The highest BCUT2D eigenvalue weighted by atomic mass is 35.5. The molecule has 1 N–H and O–H groups in total. The molecule has 128 valence electrons. The molecule has 3 aromatic rings. The molecule has 0 spiro atoms. The molecular weight excluding hydrogens is 354 g/mol. The lowest BCUT2D eigenvalue weighted by Gasteiger charge is -2.06. The molecule has 0 saturated heterocycles. The van der Waals surface area contributed by atoms with E-state index in [0.717, 1.165) is 10.5 Å². The number of halogens is 1. The second-order valence-corrected chi connectivity index (χ2v) is 6.97. The maximum Gasteiger partial charge on any atom is 0.258 e. The number of nitrogens with one attached hydrogen (secondary N) is 1. The first-order valence-electron chi connectivity index (χ1n) is 7.79. The van der Waals surface area contributed by atoms with Crippen LogP contribution in [0.4, 0.5) is 5.82 Å². The van der Waals surface area contributed by atoms with E-state index in [2.05, 4.69) is 35.5 Å². The van der Waals surface area contributed by atoms with E-state index in [1.807, 2.05) is 24.6 Å². The van der Waals surface area contributed by atoms with E-state index in [-0.39, 0.29) is 5.91 Å². The molecule has 6 heteroatoms. The van der Waals surface area contributed by atoms with Crippen molar-refractivity contribution in [3.63, 3.8) is 0 Å². The van der Waals surface area contributed by atoms with Crippen LogP contribution in [0.15, 0.2) is 59.6 Å². The highest BCUT2D eigenvalue weighted by Crippen LogP contribution is 2.23. The van der Waals surface area contributed by atoms with Gasteiger partial charge < -0.3 is 5.32 Å². The molecule has 0 radical (unpaired) electrons. The van der Waals surface area contributed by atoms with E-state index in [4.69, 9.17) is 11.6 Å². The number of hydrogen-bond donors (Lipinski definition) is 1. The molecule has 1 aromatic heterocycles. The summed E-state index contributed by atoms with van der Waals surface area (Å²) in [4.78, 5) is 13.4. The van der Waals surface area contributed by atoms with Gasteiger partial charge in [0.05, 0.1) is 17.1 Å². The SMILES string of the molecule is CSc1ccc(Cl)c(C(=O)Nc2ccn(Cc3cccc(C)c3)n2)c1. The number of carbonyl (C=O) groups is 1. The molecule has 0 aliphatic heterocycles. The number of rotatable bonds is 5. The summed E-state index contributed by atoms with van der Waals surface area (Å²) in [6.07, 6.45) is 3.80. The number of benzene rings is 2. The minimum Gasteiger partial charge on any atom is -0.305 e. The average molecular weight is 372 g/mol. The van der Waals surface area contributed by atoms with Crippen LogP contribution in [-0.4, -0.2) is 21.9 Å². The largest absolute Gasteiger partial charge is 0.305 e. The van der Waals surface area contributed by atoms with Gasteiger partial charge in [-0.25, -0.2) is 0 Å². The molecule has 1 amide bonds. The Bertz CT molecular complexity index is 907. The van der Waals surface area contributed by atoms with Gasteiger partial charge in [0.25, 0.3) is 5.91 Å². The molecule has 2 aromatic carbocycles. The zero-order chi connectivity index (χ0) is 17.8. The van der Waals surface area contributed by atoms with Crippen molar-refractivity contribution in [2.24, 2.45) is 0 Å². The Hall–Kier alpha value is -2.24. The van der Waals surface area contributed by atoms with Crippen LogP contribution >= 0.6 is 23.4 Å². The van der Waals surface area contributed by atoms with Crippen LogP contribution in [0.1, 0.15) is 21.5 Å². The lowest BCUT2D eigenvalue weighted by atomic mass is 10.1. The summed E-state index contributed by atoms with van der Waals surface area (Å²) < 4.78 is 1.80. The molecule has 4 nitrogen and oxygen atoms in total. The fourth-order valence-electron chi connectivity index (χ4n) is 2.50. The third kappa shape index (κ3) is 4.44. The van der Waals surface area contributed by atoms with Gasteiger partial charge in [0.1, 0.15) is 0 Å². The van der Waals surface area contributed by atoms with Crippen molar-refractivity contribution in [3.05, 3.63) is 76.4 Å². The second-order valence-electron chi connectivity index (χ2n) is 5.69. The number of hydrogen-bond acceptors (Lipinski definition) is 3. The molecule has 0 unspecified atom stereocenters. The molecule has 0 atom stereocenters. The van der Waals surface area contributed by atoms with Crippen molar-refractivity contribution in [3.8, 4) is 0 Å². The summed E-state index contributed by atoms with van der Waals surface area (Å²) in [5.41, 5.74) is 2.82. The number of aryl methyl sites for hydroxylation is 1. The minimum atomic E-state index is -0.262. The molecule has 0 bridgehead atoms. The Labute approximate surface area is 156 Å². The first kappa shape index (κ1) is 17.6. The van der Waals surface area contributed by atoms with Crippen LogP contribution in [0.3, 0.4) is 0 Å². The lowest BCUT2D eigenvalue weighted by Crippen LogP contribution is -2.13. The predicted molar refractivity (Wildman–Crippen MR) is 104 cm³/mol. The molecule has 0 aliphatic rings. The standard InChI is InChI=1S/C19H18ClN3OS/c1-13-4-3-5-14(10-13)12-23-9-8-18(22-23)21-19(24)16-11-15(25-2)6-7-17(16)20/h3-11H,12H2,1-2H3,(H,21,22,24). The van der Waals surface area contributed by atoms with Crippen LogP contribution < -0.4 is 5.32 Å². The van der Waals surface area contributed by atoms with E-state index in [1.165, 1.54) is 5.56 Å². The minimum absolute atomic E-state index is 0.262. The van der Waals surface area contributed by atoms with E-state index >= 15 is 0 Å². The Morgan fingerprint density at radius 3 is 2.84 bits per heavy atom. The van der Waals surface area contributed by atoms with Gasteiger partial charge in [-0.3, -0.25) is 9.48 Å². The summed E-state index contributed by atoms with van der Waals surface area (Å²) in [5.74, 6) is 0.241. The summed E-state index contributed by atoms with van der Waals surface area (Å²) in [5, 5.41) is 7.64. The van der Waals surface area contributed by atoms with Gasteiger partial charge in [0.2, 0.25) is 0 Å². The van der Waals surface area contributed by atoms with E-state index in [9.17, 15) is 4.79 Å². The highest BCUT2D eigenvalue weighted by Gasteiger charge is 2.13. The Morgan fingerprint density at radius 1 is 1.24 bits per heavy atom. The van der Waals surface area contributed by atoms with Gasteiger partial charge in [-0.1, -0.05) is 41.4 Å². The van der Waals surface area contributed by atoms with Gasteiger partial charge >= 0.3 is 0 Å². The van der Waals surface area contributed by atoms with E-state index in [1.54, 1.807) is 34.6 Å². The van der Waals surface area contributed by atoms with E-state index in [0.29, 0.717) is 22.9 Å². The van der Waals surface area contributed by atoms with Crippen LogP contribution in [0, 0.1) is 6.92 Å².